The van der Waals surface area contributed by atoms with Gasteiger partial charge in [0.05, 0.1) is 0 Å². The third-order valence-electron chi connectivity index (χ3n) is 2.37. The summed E-state index contributed by atoms with van der Waals surface area (Å²) >= 11 is 4.71. The number of imide groups is 1. The summed E-state index contributed by atoms with van der Waals surface area (Å²) in [6, 6.07) is -0.848. The molecule has 3 rings (SSSR count). The lowest BCUT2D eigenvalue weighted by molar-refractivity contribution is -0.137. The van der Waals surface area contributed by atoms with Gasteiger partial charge in [0.15, 0.2) is 5.71 Å². The van der Waals surface area contributed by atoms with Crippen LogP contribution in [-0.4, -0.2) is 45.7 Å². The second kappa shape index (κ2) is 2.50. The fraction of sp³-hybridized carbons (Fsp3) is 0.143. The zero-order chi connectivity index (χ0) is 11.5. The maximum atomic E-state index is 11.6. The number of urea groups is 1. The predicted molar refractivity (Wildman–Crippen MR) is 52.7 cm³/mol. The third kappa shape index (κ3) is 0.758. The first-order valence-electron chi connectivity index (χ1n) is 4.11. The van der Waals surface area contributed by atoms with Crippen molar-refractivity contribution in [2.75, 3.05) is 0 Å². The number of amides is 3. The van der Waals surface area contributed by atoms with Gasteiger partial charge in [0, 0.05) is 0 Å². The van der Waals surface area contributed by atoms with E-state index >= 15 is 0 Å². The molecule has 1 atom stereocenters. The van der Waals surface area contributed by atoms with Crippen molar-refractivity contribution in [1.82, 2.24) is 10.2 Å². The van der Waals surface area contributed by atoms with E-state index in [1.54, 1.807) is 0 Å². The largest absolute Gasteiger partial charge is 0.395 e. The van der Waals surface area contributed by atoms with Crippen LogP contribution >= 0.6 is 12.2 Å². The number of carbonyl (C=O) groups excluding carboxylic acids is 3. The molecule has 16 heavy (non-hydrogen) atoms. The number of nitrogens with one attached hydrogen (secondary N) is 1. The van der Waals surface area contributed by atoms with Crippen LogP contribution in [0.5, 0.6) is 0 Å². The van der Waals surface area contributed by atoms with Gasteiger partial charge in [-0.25, -0.2) is 24.5 Å². The minimum atomic E-state index is -1.84. The average molecular weight is 238 g/mol. The van der Waals surface area contributed by atoms with Gasteiger partial charge in [-0.3, -0.25) is 10.1 Å². The summed E-state index contributed by atoms with van der Waals surface area (Å²) in [5.74, 6) is -1.67. The molecule has 1 unspecified atom stereocenters. The van der Waals surface area contributed by atoms with Gasteiger partial charge in [0.2, 0.25) is 0 Å². The quantitative estimate of drug-likeness (QED) is 0.411. The Balaban J connectivity index is 2.27. The van der Waals surface area contributed by atoms with E-state index < -0.39 is 23.6 Å². The molecule has 2 saturated heterocycles. The molecule has 0 aromatic rings. The van der Waals surface area contributed by atoms with E-state index in [2.05, 4.69) is 14.7 Å². The molecule has 8 nitrogen and oxygen atoms in total. The second-order valence-electron chi connectivity index (χ2n) is 3.14. The van der Waals surface area contributed by atoms with Crippen LogP contribution in [0.25, 0.3) is 0 Å². The SMILES string of the molecule is O=C1NC(=O)N2C(=S)OC(=O)C23N=CN=C13. The van der Waals surface area contributed by atoms with E-state index in [9.17, 15) is 14.4 Å². The zero-order valence-electron chi connectivity index (χ0n) is 7.46. The first-order valence-corrected chi connectivity index (χ1v) is 4.52. The molecule has 0 aromatic heterocycles. The van der Waals surface area contributed by atoms with Gasteiger partial charge in [0.25, 0.3) is 16.7 Å². The molecule has 3 aliphatic heterocycles. The van der Waals surface area contributed by atoms with Gasteiger partial charge < -0.3 is 4.74 Å². The smallest absolute Gasteiger partial charge is 0.369 e. The fourth-order valence-electron chi connectivity index (χ4n) is 1.71. The molecule has 0 bridgehead atoms. The molecular formula is C7H2N4O4S. The molecule has 0 aromatic carbocycles. The summed E-state index contributed by atoms with van der Waals surface area (Å²) in [6.07, 6.45) is 1.02. The van der Waals surface area contributed by atoms with Crippen LogP contribution in [0.15, 0.2) is 9.98 Å². The first kappa shape index (κ1) is 9.09. The van der Waals surface area contributed by atoms with E-state index in [4.69, 9.17) is 12.2 Å². The topological polar surface area (TPSA) is 100 Å². The Morgan fingerprint density at radius 2 is 2.19 bits per heavy atom. The Morgan fingerprint density at radius 1 is 1.44 bits per heavy atom. The number of ether oxygens (including phenoxy) is 1. The van der Waals surface area contributed by atoms with Crippen LogP contribution in [0.1, 0.15) is 0 Å². The maximum Gasteiger partial charge on any atom is 0.369 e. The minimum absolute atomic E-state index is 0.211. The van der Waals surface area contributed by atoms with E-state index in [0.29, 0.717) is 0 Å². The van der Waals surface area contributed by atoms with Gasteiger partial charge in [-0.15, -0.1) is 0 Å². The highest BCUT2D eigenvalue weighted by Crippen LogP contribution is 2.33. The Morgan fingerprint density at radius 3 is 2.94 bits per heavy atom. The molecule has 9 heteroatoms. The van der Waals surface area contributed by atoms with Crippen LogP contribution in [0.2, 0.25) is 0 Å². The summed E-state index contributed by atoms with van der Waals surface area (Å²) in [6.45, 7) is 0. The summed E-state index contributed by atoms with van der Waals surface area (Å²) in [5.41, 5.74) is -2.05. The molecule has 2 fully saturated rings. The highest BCUT2D eigenvalue weighted by atomic mass is 32.1. The third-order valence-corrected chi connectivity index (χ3v) is 2.64. The van der Waals surface area contributed by atoms with E-state index in [1.165, 1.54) is 0 Å². The molecule has 3 heterocycles. The number of hydrogen-bond acceptors (Lipinski definition) is 7. The van der Waals surface area contributed by atoms with Gasteiger partial charge >= 0.3 is 12.0 Å². The van der Waals surface area contributed by atoms with Gasteiger partial charge in [-0.2, -0.15) is 0 Å². The number of rotatable bonds is 0. The number of aliphatic imine (C=N–C) groups is 2. The van der Waals surface area contributed by atoms with E-state index in [-0.39, 0.29) is 10.9 Å². The lowest BCUT2D eigenvalue weighted by Gasteiger charge is -2.30. The second-order valence-corrected chi connectivity index (χ2v) is 3.49. The number of thiocarbonyl (C=S) groups is 1. The highest BCUT2D eigenvalue weighted by molar-refractivity contribution is 7.80. The standard InChI is InChI=1S/C7H2N4O4S/c12-3-2-7(9-1-8-2)4(13)15-6(16)11(7)5(14)10-3/h1H,(H,10,12,14). The van der Waals surface area contributed by atoms with Crippen molar-refractivity contribution in [3.63, 3.8) is 0 Å². The average Bonchev–Trinajstić information content (AvgIpc) is 2.71. The molecule has 3 aliphatic rings. The van der Waals surface area contributed by atoms with Crippen LogP contribution in [0.3, 0.4) is 0 Å². The maximum absolute atomic E-state index is 11.6. The Kier molecular flexibility index (Phi) is 1.42. The lowest BCUT2D eigenvalue weighted by atomic mass is 10.0. The monoisotopic (exact) mass is 238 g/mol. The number of cyclic esters (lactones) is 1. The van der Waals surface area contributed by atoms with Crippen LogP contribution in [-0.2, 0) is 14.3 Å². The van der Waals surface area contributed by atoms with Crippen molar-refractivity contribution in [3.8, 4) is 0 Å². The Hall–Kier alpha value is -2.16. The Bertz CT molecular complexity index is 539. The molecule has 0 aliphatic carbocycles. The van der Waals surface area contributed by atoms with Crippen molar-refractivity contribution >= 4 is 47.4 Å². The fourth-order valence-corrected chi connectivity index (χ4v) is 2.00. The molecule has 3 amide bonds. The van der Waals surface area contributed by atoms with Crippen molar-refractivity contribution in [1.29, 1.82) is 0 Å². The van der Waals surface area contributed by atoms with Gasteiger partial charge in [-0.05, 0) is 12.2 Å². The minimum Gasteiger partial charge on any atom is -0.395 e. The summed E-state index contributed by atoms with van der Waals surface area (Å²) in [7, 11) is 0. The first-order chi connectivity index (χ1) is 7.57. The van der Waals surface area contributed by atoms with Crippen LogP contribution in [0.4, 0.5) is 4.79 Å². The summed E-state index contributed by atoms with van der Waals surface area (Å²) in [5, 5.41) is 1.64. The molecule has 0 radical (unpaired) electrons. The predicted octanol–water partition coefficient (Wildman–Crippen LogP) is -1.44. The molecule has 1 N–H and O–H groups in total. The van der Waals surface area contributed by atoms with Crippen molar-refractivity contribution in [3.05, 3.63) is 0 Å². The molecular weight excluding hydrogens is 236 g/mol. The number of hydrogen-bond donors (Lipinski definition) is 1. The highest BCUT2D eigenvalue weighted by Gasteiger charge is 2.66. The molecule has 1 spiro atoms. The van der Waals surface area contributed by atoms with Gasteiger partial charge in [0.1, 0.15) is 6.34 Å². The zero-order valence-corrected chi connectivity index (χ0v) is 8.28. The summed E-state index contributed by atoms with van der Waals surface area (Å²) in [4.78, 5) is 42.8. The van der Waals surface area contributed by atoms with E-state index in [1.807, 2.05) is 5.32 Å². The molecule has 80 valence electrons. The van der Waals surface area contributed by atoms with Crippen molar-refractivity contribution < 1.29 is 19.1 Å². The molecule has 0 saturated carbocycles. The summed E-state index contributed by atoms with van der Waals surface area (Å²) < 4.78 is 4.64. The van der Waals surface area contributed by atoms with E-state index in [0.717, 1.165) is 11.2 Å². The number of nitrogens with zero attached hydrogens (tertiary/aromatic N) is 3. The lowest BCUT2D eigenvalue weighted by Crippen LogP contribution is -2.67. The van der Waals surface area contributed by atoms with Crippen LogP contribution < -0.4 is 5.32 Å². The van der Waals surface area contributed by atoms with Crippen molar-refractivity contribution in [2.45, 2.75) is 5.66 Å². The Labute approximate surface area is 93.0 Å². The van der Waals surface area contributed by atoms with Gasteiger partial charge in [-0.1, -0.05) is 0 Å². The van der Waals surface area contributed by atoms with Crippen LogP contribution in [0, 0.1) is 0 Å². The van der Waals surface area contributed by atoms with Crippen molar-refractivity contribution in [2.24, 2.45) is 9.98 Å². The number of carbonyl (C=O) groups is 3. The normalized spacial score (nSPS) is 31.0. The number of esters is 1.